The predicted molar refractivity (Wildman–Crippen MR) is 122 cm³/mol. The number of hydrogen-bond donors (Lipinski definition) is 7. The van der Waals surface area contributed by atoms with Crippen molar-refractivity contribution in [2.75, 3.05) is 5.73 Å². The van der Waals surface area contributed by atoms with Gasteiger partial charge in [0.25, 0.3) is 5.79 Å². The maximum atomic E-state index is 13.5. The molecule has 3 aromatic rings. The van der Waals surface area contributed by atoms with Gasteiger partial charge >= 0.3 is 11.8 Å². The Bertz CT molecular complexity index is 1180. The summed E-state index contributed by atoms with van der Waals surface area (Å²) in [6, 6.07) is 7.96. The van der Waals surface area contributed by atoms with Gasteiger partial charge in [0.2, 0.25) is 0 Å². The Morgan fingerprint density at radius 2 is 1.67 bits per heavy atom. The molecule has 1 heterocycles. The van der Waals surface area contributed by atoms with Crippen LogP contribution >= 0.6 is 0 Å². The van der Waals surface area contributed by atoms with Crippen LogP contribution in [0.15, 0.2) is 36.4 Å². The number of aliphatic hydroxyl groups is 4. The van der Waals surface area contributed by atoms with Gasteiger partial charge in [0.1, 0.15) is 5.82 Å². The molecule has 0 saturated heterocycles. The van der Waals surface area contributed by atoms with Gasteiger partial charge in [0.05, 0.1) is 5.52 Å². The van der Waals surface area contributed by atoms with Gasteiger partial charge in [0.15, 0.2) is 0 Å². The van der Waals surface area contributed by atoms with Crippen LogP contribution in [0, 0.1) is 11.2 Å². The molecule has 0 aliphatic heterocycles. The van der Waals surface area contributed by atoms with Gasteiger partial charge in [-0.05, 0) is 42.3 Å². The lowest BCUT2D eigenvalue weighted by atomic mass is 9.90. The number of aliphatic carboxylic acids is 1. The fourth-order valence-electron chi connectivity index (χ4n) is 3.62. The zero-order valence-electron chi connectivity index (χ0n) is 18.7. The molecule has 0 amide bonds. The number of anilines is 1. The standard InChI is InChI=1S/C21H22FN3O6.C2H6/c1-10(2)18-17(20(28,29)21(30,31)19(26)27)14-8-15(24)11(9-23)7-16(14)25(18)13-5-3-12(22)4-6-13;1-2/h3-10,23,28-31H,24H2,1-2H3,(H,26,27);1-2H3. The molecule has 3 rings (SSSR count). The zero-order chi connectivity index (χ0) is 25.3. The van der Waals surface area contributed by atoms with E-state index in [9.17, 15) is 34.7 Å². The van der Waals surface area contributed by atoms with Crippen LogP contribution in [0.25, 0.3) is 16.6 Å². The van der Waals surface area contributed by atoms with Crippen molar-refractivity contribution in [2.45, 2.75) is 45.2 Å². The highest BCUT2D eigenvalue weighted by molar-refractivity contribution is 5.98. The maximum Gasteiger partial charge on any atom is 0.370 e. The summed E-state index contributed by atoms with van der Waals surface area (Å²) >= 11 is 0. The van der Waals surface area contributed by atoms with Gasteiger partial charge in [-0.25, -0.2) is 9.18 Å². The lowest BCUT2D eigenvalue weighted by Gasteiger charge is -2.33. The summed E-state index contributed by atoms with van der Waals surface area (Å²) in [5, 5.41) is 58.4. The number of hydrogen-bond acceptors (Lipinski definition) is 7. The fraction of sp³-hybridized carbons (Fsp3) is 0.304. The summed E-state index contributed by atoms with van der Waals surface area (Å²) in [7, 11) is 0. The molecule has 0 atom stereocenters. The van der Waals surface area contributed by atoms with E-state index in [1.807, 2.05) is 13.8 Å². The molecular formula is C23H28FN3O6. The second-order valence-electron chi connectivity index (χ2n) is 7.52. The second-order valence-corrected chi connectivity index (χ2v) is 7.52. The quantitative estimate of drug-likeness (QED) is 0.168. The molecule has 178 valence electrons. The third-order valence-electron chi connectivity index (χ3n) is 5.13. The lowest BCUT2D eigenvalue weighted by Crippen LogP contribution is -2.57. The summed E-state index contributed by atoms with van der Waals surface area (Å²) in [5.74, 6) is -10.9. The summed E-state index contributed by atoms with van der Waals surface area (Å²) in [6.07, 6.45) is 0.982. The first-order valence-corrected chi connectivity index (χ1v) is 10.2. The number of halogens is 1. The number of rotatable bonds is 6. The van der Waals surface area contributed by atoms with E-state index in [1.165, 1.54) is 41.0 Å². The minimum atomic E-state index is -3.96. The molecule has 0 fully saturated rings. The van der Waals surface area contributed by atoms with Crippen LogP contribution in [0.1, 0.15) is 50.4 Å². The van der Waals surface area contributed by atoms with E-state index in [0.29, 0.717) is 5.69 Å². The average Bonchev–Trinajstić information content (AvgIpc) is 3.09. The zero-order valence-corrected chi connectivity index (χ0v) is 18.7. The molecule has 0 saturated carbocycles. The van der Waals surface area contributed by atoms with Crippen LogP contribution in [0.2, 0.25) is 0 Å². The number of nitrogens with two attached hydrogens (primary N) is 1. The van der Waals surface area contributed by atoms with Crippen LogP contribution < -0.4 is 5.73 Å². The van der Waals surface area contributed by atoms with Crippen LogP contribution in [0.3, 0.4) is 0 Å². The number of carboxylic acid groups (broad SMARTS) is 1. The summed E-state index contributed by atoms with van der Waals surface area (Å²) in [6.45, 7) is 7.35. The lowest BCUT2D eigenvalue weighted by molar-refractivity contribution is -0.352. The molecule has 33 heavy (non-hydrogen) atoms. The van der Waals surface area contributed by atoms with Crippen molar-refractivity contribution in [3.8, 4) is 5.69 Å². The number of carbonyl (C=O) groups is 1. The smallest absolute Gasteiger partial charge is 0.370 e. The molecule has 2 aromatic carbocycles. The van der Waals surface area contributed by atoms with Crippen molar-refractivity contribution in [3.63, 3.8) is 0 Å². The highest BCUT2D eigenvalue weighted by Gasteiger charge is 2.58. The van der Waals surface area contributed by atoms with E-state index in [1.54, 1.807) is 13.8 Å². The molecule has 9 nitrogen and oxygen atoms in total. The van der Waals surface area contributed by atoms with E-state index >= 15 is 0 Å². The van der Waals surface area contributed by atoms with Gasteiger partial charge in [-0.2, -0.15) is 0 Å². The number of aromatic nitrogens is 1. The SMILES string of the molecule is CC.CC(C)c1c(C(O)(O)C(O)(O)C(=O)O)c2cc(N)c(C=N)cc2n1-c1ccc(F)cc1. The fourth-order valence-corrected chi connectivity index (χ4v) is 3.62. The molecule has 0 spiro atoms. The highest BCUT2D eigenvalue weighted by atomic mass is 19.1. The monoisotopic (exact) mass is 461 g/mol. The number of nitrogen functional groups attached to an aromatic ring is 1. The minimum Gasteiger partial charge on any atom is -0.477 e. The summed E-state index contributed by atoms with van der Waals surface area (Å²) in [4.78, 5) is 11.4. The van der Waals surface area contributed by atoms with Crippen LogP contribution in [-0.2, 0) is 10.6 Å². The molecule has 0 aliphatic rings. The predicted octanol–water partition coefficient (Wildman–Crippen LogP) is 2.40. The van der Waals surface area contributed by atoms with Crippen LogP contribution in [0.4, 0.5) is 10.1 Å². The number of fused-ring (bicyclic) bond motifs is 1. The van der Waals surface area contributed by atoms with Crippen molar-refractivity contribution in [1.82, 2.24) is 4.57 Å². The largest absolute Gasteiger partial charge is 0.477 e. The first-order chi connectivity index (χ1) is 15.3. The Hall–Kier alpha value is -3.31. The van der Waals surface area contributed by atoms with Crippen LogP contribution in [-0.4, -0.2) is 48.1 Å². The molecule has 10 heteroatoms. The Kier molecular flexibility index (Phi) is 7.30. The third-order valence-corrected chi connectivity index (χ3v) is 5.13. The van der Waals surface area contributed by atoms with Gasteiger partial charge in [-0.3, -0.25) is 0 Å². The molecule has 8 N–H and O–H groups in total. The second kappa shape index (κ2) is 9.28. The molecule has 0 bridgehead atoms. The van der Waals surface area contributed by atoms with Crippen molar-refractivity contribution < 1.29 is 34.7 Å². The Labute approximate surface area is 189 Å². The Balaban J connectivity index is 0.00000187. The topological polar surface area (TPSA) is 173 Å². The van der Waals surface area contributed by atoms with Crippen molar-refractivity contribution in [3.05, 3.63) is 59.0 Å². The van der Waals surface area contributed by atoms with Crippen molar-refractivity contribution in [2.24, 2.45) is 0 Å². The number of nitrogens with zero attached hydrogens (tertiary/aromatic N) is 1. The van der Waals surface area contributed by atoms with E-state index in [0.717, 1.165) is 6.21 Å². The van der Waals surface area contributed by atoms with Gasteiger partial charge in [0, 0.05) is 39.8 Å². The maximum absolute atomic E-state index is 13.5. The number of nitrogens with one attached hydrogen (secondary N) is 1. The molecule has 0 unspecified atom stereocenters. The van der Waals surface area contributed by atoms with Crippen molar-refractivity contribution >= 4 is 28.8 Å². The Morgan fingerprint density at radius 1 is 1.12 bits per heavy atom. The Morgan fingerprint density at radius 3 is 2.12 bits per heavy atom. The van der Waals surface area contributed by atoms with Crippen molar-refractivity contribution in [1.29, 1.82) is 5.41 Å². The van der Waals surface area contributed by atoms with Gasteiger partial charge < -0.3 is 41.2 Å². The summed E-state index contributed by atoms with van der Waals surface area (Å²) < 4.78 is 15.0. The van der Waals surface area contributed by atoms with E-state index in [-0.39, 0.29) is 27.8 Å². The normalized spacial score (nSPS) is 11.9. The van der Waals surface area contributed by atoms with E-state index in [4.69, 9.17) is 11.1 Å². The third kappa shape index (κ3) is 4.21. The highest BCUT2D eigenvalue weighted by Crippen LogP contribution is 2.43. The average molecular weight is 461 g/mol. The minimum absolute atomic E-state index is 0.0230. The summed E-state index contributed by atoms with van der Waals surface area (Å²) in [5.41, 5.74) is 6.61. The molecule has 1 aromatic heterocycles. The molecular weight excluding hydrogens is 433 g/mol. The number of carboxylic acids is 1. The first kappa shape index (κ1) is 25.9. The van der Waals surface area contributed by atoms with Gasteiger partial charge in [-0.1, -0.05) is 27.7 Å². The first-order valence-electron chi connectivity index (χ1n) is 10.2. The van der Waals surface area contributed by atoms with E-state index in [2.05, 4.69) is 0 Å². The number of benzene rings is 2. The van der Waals surface area contributed by atoms with Gasteiger partial charge in [-0.15, -0.1) is 0 Å². The molecule has 0 radical (unpaired) electrons. The molecule has 0 aliphatic carbocycles. The van der Waals surface area contributed by atoms with Crippen LogP contribution in [0.5, 0.6) is 0 Å². The van der Waals surface area contributed by atoms with E-state index < -0.39 is 34.8 Å².